The quantitative estimate of drug-likeness (QED) is 0.719. The first-order valence-corrected chi connectivity index (χ1v) is 8.85. The van der Waals surface area contributed by atoms with E-state index in [1.54, 1.807) is 6.92 Å². The first-order chi connectivity index (χ1) is 10.5. The number of aliphatic hydroxyl groups is 1. The summed E-state index contributed by atoms with van der Waals surface area (Å²) < 4.78 is 0. The molecular weight excluding hydrogens is 298 g/mol. The van der Waals surface area contributed by atoms with E-state index in [1.807, 2.05) is 17.5 Å². The Bertz CT molecular complexity index is 456. The molecule has 124 valence electrons. The average molecular weight is 325 g/mol. The highest BCUT2D eigenvalue weighted by molar-refractivity contribution is 7.10. The highest BCUT2D eigenvalue weighted by Crippen LogP contribution is 2.24. The Morgan fingerprint density at radius 3 is 2.82 bits per heavy atom. The van der Waals surface area contributed by atoms with Crippen LogP contribution in [-0.2, 0) is 5.60 Å². The minimum atomic E-state index is -1.02. The zero-order valence-electron chi connectivity index (χ0n) is 13.5. The Morgan fingerprint density at radius 2 is 2.18 bits per heavy atom. The lowest BCUT2D eigenvalue weighted by atomic mass is 10.1. The van der Waals surface area contributed by atoms with E-state index < -0.39 is 5.60 Å². The van der Waals surface area contributed by atoms with Crippen LogP contribution in [0.25, 0.3) is 0 Å². The van der Waals surface area contributed by atoms with Crippen molar-refractivity contribution in [2.75, 3.05) is 26.7 Å². The Labute approximate surface area is 136 Å². The molecular formula is C16H27N3O2S. The van der Waals surface area contributed by atoms with Gasteiger partial charge in [0.2, 0.25) is 0 Å². The summed E-state index contributed by atoms with van der Waals surface area (Å²) in [6.07, 6.45) is 5.18. The molecule has 1 fully saturated rings. The van der Waals surface area contributed by atoms with Gasteiger partial charge in [-0.2, -0.15) is 0 Å². The molecule has 1 unspecified atom stereocenters. The van der Waals surface area contributed by atoms with Crippen molar-refractivity contribution in [1.29, 1.82) is 0 Å². The fourth-order valence-corrected chi connectivity index (χ4v) is 3.65. The summed E-state index contributed by atoms with van der Waals surface area (Å²) in [7, 11) is 2.12. The SMILES string of the molecule is CN(CCNC(=O)NCC(C)(O)c1cccs1)C1CCCC1. The summed E-state index contributed by atoms with van der Waals surface area (Å²) in [4.78, 5) is 15.0. The van der Waals surface area contributed by atoms with Gasteiger partial charge in [0.15, 0.2) is 0 Å². The third kappa shape index (κ3) is 4.97. The van der Waals surface area contributed by atoms with Crippen molar-refractivity contribution in [3.63, 3.8) is 0 Å². The predicted molar refractivity (Wildman–Crippen MR) is 90.2 cm³/mol. The van der Waals surface area contributed by atoms with Gasteiger partial charge in [-0.25, -0.2) is 4.79 Å². The minimum absolute atomic E-state index is 0.206. The molecule has 2 rings (SSSR count). The zero-order valence-corrected chi connectivity index (χ0v) is 14.3. The van der Waals surface area contributed by atoms with E-state index in [0.717, 1.165) is 11.4 Å². The number of amides is 2. The minimum Gasteiger partial charge on any atom is -0.383 e. The van der Waals surface area contributed by atoms with Crippen LogP contribution in [0, 0.1) is 0 Å². The predicted octanol–water partition coefficient (Wildman–Crippen LogP) is 2.13. The normalized spacial score (nSPS) is 18.4. The third-order valence-corrected chi connectivity index (χ3v) is 5.47. The molecule has 0 saturated heterocycles. The molecule has 1 atom stereocenters. The van der Waals surface area contributed by atoms with Crippen molar-refractivity contribution in [3.05, 3.63) is 22.4 Å². The van der Waals surface area contributed by atoms with Gasteiger partial charge in [-0.15, -0.1) is 11.3 Å². The zero-order chi connectivity index (χ0) is 16.0. The van der Waals surface area contributed by atoms with Gasteiger partial charge in [0.25, 0.3) is 0 Å². The Hall–Kier alpha value is -1.11. The summed E-state index contributed by atoms with van der Waals surface area (Å²) in [5, 5.41) is 17.9. The lowest BCUT2D eigenvalue weighted by molar-refractivity contribution is 0.0631. The van der Waals surface area contributed by atoms with Crippen LogP contribution in [0.1, 0.15) is 37.5 Å². The van der Waals surface area contributed by atoms with Crippen LogP contribution in [-0.4, -0.2) is 48.8 Å². The van der Waals surface area contributed by atoms with Crippen molar-refractivity contribution < 1.29 is 9.90 Å². The van der Waals surface area contributed by atoms with Crippen LogP contribution in [0.4, 0.5) is 4.79 Å². The lowest BCUT2D eigenvalue weighted by Crippen LogP contribution is -2.45. The Balaban J connectivity index is 1.63. The number of hydrogen-bond donors (Lipinski definition) is 3. The highest BCUT2D eigenvalue weighted by atomic mass is 32.1. The monoisotopic (exact) mass is 325 g/mol. The topological polar surface area (TPSA) is 64.6 Å². The largest absolute Gasteiger partial charge is 0.383 e. The van der Waals surface area contributed by atoms with Gasteiger partial charge >= 0.3 is 6.03 Å². The van der Waals surface area contributed by atoms with Gasteiger partial charge in [0.1, 0.15) is 5.60 Å². The summed E-state index contributed by atoms with van der Waals surface area (Å²) in [6.45, 7) is 3.41. The third-order valence-electron chi connectivity index (χ3n) is 4.34. The first-order valence-electron chi connectivity index (χ1n) is 7.97. The molecule has 3 N–H and O–H groups in total. The van der Waals surface area contributed by atoms with Crippen LogP contribution < -0.4 is 10.6 Å². The van der Waals surface area contributed by atoms with E-state index in [-0.39, 0.29) is 12.6 Å². The van der Waals surface area contributed by atoms with E-state index in [9.17, 15) is 9.90 Å². The van der Waals surface area contributed by atoms with Crippen molar-refractivity contribution in [1.82, 2.24) is 15.5 Å². The molecule has 0 bridgehead atoms. The van der Waals surface area contributed by atoms with Gasteiger partial charge in [0.05, 0.1) is 6.54 Å². The molecule has 0 spiro atoms. The standard InChI is InChI=1S/C16H27N3O2S/c1-16(21,14-8-5-11-22-14)12-18-15(20)17-9-10-19(2)13-6-3-4-7-13/h5,8,11,13,21H,3-4,6-7,9-10,12H2,1-2H3,(H2,17,18,20). The summed E-state index contributed by atoms with van der Waals surface area (Å²) in [5.74, 6) is 0. The molecule has 1 aromatic rings. The number of carbonyl (C=O) groups excluding carboxylic acids is 1. The maximum atomic E-state index is 11.8. The molecule has 1 saturated carbocycles. The van der Waals surface area contributed by atoms with Crippen molar-refractivity contribution in [2.24, 2.45) is 0 Å². The fraction of sp³-hybridized carbons (Fsp3) is 0.688. The second-order valence-electron chi connectivity index (χ2n) is 6.28. The van der Waals surface area contributed by atoms with Crippen molar-refractivity contribution in [2.45, 2.75) is 44.2 Å². The second kappa shape index (κ2) is 7.94. The maximum Gasteiger partial charge on any atom is 0.314 e. The number of nitrogens with one attached hydrogen (secondary N) is 2. The number of urea groups is 1. The van der Waals surface area contributed by atoms with Gasteiger partial charge in [-0.05, 0) is 38.3 Å². The molecule has 0 aliphatic heterocycles. The van der Waals surface area contributed by atoms with Crippen LogP contribution in [0.3, 0.4) is 0 Å². The molecule has 1 heterocycles. The van der Waals surface area contributed by atoms with Gasteiger partial charge in [-0.3, -0.25) is 0 Å². The number of thiophene rings is 1. The molecule has 5 nitrogen and oxygen atoms in total. The van der Waals surface area contributed by atoms with E-state index >= 15 is 0 Å². The number of likely N-dealkylation sites (N-methyl/N-ethyl adjacent to an activating group) is 1. The number of hydrogen-bond acceptors (Lipinski definition) is 4. The Kier molecular flexibility index (Phi) is 6.23. The highest BCUT2D eigenvalue weighted by Gasteiger charge is 2.25. The second-order valence-corrected chi connectivity index (χ2v) is 7.23. The molecule has 1 aromatic heterocycles. The fourth-order valence-electron chi connectivity index (χ4n) is 2.86. The van der Waals surface area contributed by atoms with E-state index in [1.165, 1.54) is 37.0 Å². The summed E-state index contributed by atoms with van der Waals surface area (Å²) in [5.41, 5.74) is -1.02. The summed E-state index contributed by atoms with van der Waals surface area (Å²) in [6, 6.07) is 4.22. The lowest BCUT2D eigenvalue weighted by Gasteiger charge is -2.25. The van der Waals surface area contributed by atoms with Crippen LogP contribution >= 0.6 is 11.3 Å². The molecule has 6 heteroatoms. The van der Waals surface area contributed by atoms with E-state index in [0.29, 0.717) is 12.6 Å². The first kappa shape index (κ1) is 17.2. The Morgan fingerprint density at radius 1 is 1.45 bits per heavy atom. The van der Waals surface area contributed by atoms with Crippen molar-refractivity contribution >= 4 is 17.4 Å². The molecule has 22 heavy (non-hydrogen) atoms. The van der Waals surface area contributed by atoms with Gasteiger partial charge in [0, 0.05) is 24.0 Å². The smallest absolute Gasteiger partial charge is 0.314 e. The van der Waals surface area contributed by atoms with Gasteiger partial charge < -0.3 is 20.6 Å². The van der Waals surface area contributed by atoms with Crippen LogP contribution in [0.5, 0.6) is 0 Å². The van der Waals surface area contributed by atoms with Crippen LogP contribution in [0.2, 0.25) is 0 Å². The van der Waals surface area contributed by atoms with E-state index in [4.69, 9.17) is 0 Å². The maximum absolute atomic E-state index is 11.8. The van der Waals surface area contributed by atoms with Crippen LogP contribution in [0.15, 0.2) is 17.5 Å². The molecule has 1 aliphatic rings. The summed E-state index contributed by atoms with van der Waals surface area (Å²) >= 11 is 1.49. The molecule has 1 aliphatic carbocycles. The van der Waals surface area contributed by atoms with Crippen molar-refractivity contribution in [3.8, 4) is 0 Å². The molecule has 2 amide bonds. The molecule has 0 radical (unpaired) electrons. The number of nitrogens with zero attached hydrogens (tertiary/aromatic N) is 1. The van der Waals surface area contributed by atoms with E-state index in [2.05, 4.69) is 22.6 Å². The van der Waals surface area contributed by atoms with Gasteiger partial charge in [-0.1, -0.05) is 18.9 Å². The molecule has 0 aromatic carbocycles. The number of rotatable bonds is 7. The average Bonchev–Trinajstić information content (AvgIpc) is 3.17. The number of carbonyl (C=O) groups is 1.